The summed E-state index contributed by atoms with van der Waals surface area (Å²) < 4.78 is 40.6. The number of ether oxygens (including phenoxy) is 2. The van der Waals surface area contributed by atoms with Crippen LogP contribution in [0, 0.1) is 5.82 Å². The summed E-state index contributed by atoms with van der Waals surface area (Å²) in [4.78, 5) is 14.2. The maximum atomic E-state index is 15.3. The Morgan fingerprint density at radius 3 is 2.67 bits per heavy atom. The van der Waals surface area contributed by atoms with Crippen LogP contribution >= 0.6 is 11.6 Å². The van der Waals surface area contributed by atoms with Gasteiger partial charge in [0.05, 0.1) is 11.6 Å². The van der Waals surface area contributed by atoms with Gasteiger partial charge < -0.3 is 14.4 Å². The largest absolute Gasteiger partial charge is 0.490 e. The Kier molecular flexibility index (Phi) is 6.85. The molecule has 4 rings (SSSR count). The molecular formula is C26H30ClF2NO3. The van der Waals surface area contributed by atoms with E-state index in [-0.39, 0.29) is 16.5 Å². The molecule has 1 amide bonds. The van der Waals surface area contributed by atoms with Crippen molar-refractivity contribution in [3.63, 3.8) is 0 Å². The van der Waals surface area contributed by atoms with E-state index >= 15 is 4.39 Å². The number of alkyl halides is 1. The standard InChI is InChI=1S/C26H30ClF2NO3/c1-25(2)17-19-6-5-7-22(23(19)33-25)32-15-4-3-10-26(29)11-13-30(14-12-26)24(31)18-8-9-21(28)20(27)16-18/h5-9,16H,3-4,10-15,17H2,1-2H3. The highest BCUT2D eigenvalue weighted by molar-refractivity contribution is 6.31. The smallest absolute Gasteiger partial charge is 0.253 e. The van der Waals surface area contributed by atoms with Gasteiger partial charge in [0.2, 0.25) is 0 Å². The zero-order valence-electron chi connectivity index (χ0n) is 19.1. The molecule has 0 saturated carbocycles. The van der Waals surface area contributed by atoms with E-state index in [2.05, 4.69) is 19.9 Å². The topological polar surface area (TPSA) is 38.8 Å². The second-order valence-corrected chi connectivity index (χ2v) is 10.1. The van der Waals surface area contributed by atoms with Gasteiger partial charge in [0, 0.05) is 30.6 Å². The maximum Gasteiger partial charge on any atom is 0.253 e. The molecule has 0 radical (unpaired) electrons. The van der Waals surface area contributed by atoms with Crippen LogP contribution in [0.25, 0.3) is 0 Å². The third-order valence-corrected chi connectivity index (χ3v) is 6.73. The van der Waals surface area contributed by atoms with E-state index in [0.29, 0.717) is 50.9 Å². The van der Waals surface area contributed by atoms with Crippen LogP contribution in [-0.4, -0.2) is 41.8 Å². The molecule has 0 spiro atoms. The van der Waals surface area contributed by atoms with Crippen molar-refractivity contribution in [3.05, 3.63) is 58.4 Å². The summed E-state index contributed by atoms with van der Waals surface area (Å²) in [5, 5.41) is -0.0874. The molecule has 0 aromatic heterocycles. The first-order valence-corrected chi connectivity index (χ1v) is 11.9. The van der Waals surface area contributed by atoms with Gasteiger partial charge in [-0.05, 0) is 70.2 Å². The van der Waals surface area contributed by atoms with Crippen molar-refractivity contribution in [1.29, 1.82) is 0 Å². The summed E-state index contributed by atoms with van der Waals surface area (Å²) in [6.45, 7) is 5.30. The van der Waals surface area contributed by atoms with Crippen LogP contribution in [0.1, 0.15) is 61.9 Å². The molecule has 0 atom stereocenters. The number of fused-ring (bicyclic) bond motifs is 1. The van der Waals surface area contributed by atoms with E-state index in [9.17, 15) is 9.18 Å². The molecule has 7 heteroatoms. The molecule has 0 bridgehead atoms. The monoisotopic (exact) mass is 477 g/mol. The van der Waals surface area contributed by atoms with E-state index < -0.39 is 11.5 Å². The summed E-state index contributed by atoms with van der Waals surface area (Å²) in [6, 6.07) is 9.87. The fourth-order valence-electron chi connectivity index (χ4n) is 4.60. The van der Waals surface area contributed by atoms with Crippen LogP contribution < -0.4 is 9.47 Å². The van der Waals surface area contributed by atoms with Crippen LogP contribution in [0.3, 0.4) is 0 Å². The minimum Gasteiger partial charge on any atom is -0.490 e. The molecule has 1 saturated heterocycles. The molecule has 2 aromatic rings. The Morgan fingerprint density at radius 2 is 1.94 bits per heavy atom. The SMILES string of the molecule is CC1(C)Cc2cccc(OCCCCC3(F)CCN(C(=O)c4ccc(F)c(Cl)c4)CC3)c2O1. The lowest BCUT2D eigenvalue weighted by molar-refractivity contribution is 0.0382. The average molecular weight is 478 g/mol. The Labute approximate surface area is 198 Å². The van der Waals surface area contributed by atoms with Crippen LogP contribution in [0.5, 0.6) is 11.5 Å². The second-order valence-electron chi connectivity index (χ2n) is 9.66. The number of amides is 1. The molecule has 4 nitrogen and oxygen atoms in total. The van der Waals surface area contributed by atoms with Crippen molar-refractivity contribution >= 4 is 17.5 Å². The van der Waals surface area contributed by atoms with Crippen molar-refractivity contribution in [3.8, 4) is 11.5 Å². The first kappa shape index (κ1) is 23.8. The Balaban J connectivity index is 1.20. The number of carbonyl (C=O) groups is 1. The summed E-state index contributed by atoms with van der Waals surface area (Å²) in [7, 11) is 0. The lowest BCUT2D eigenvalue weighted by Gasteiger charge is -2.36. The summed E-state index contributed by atoms with van der Waals surface area (Å²) in [6.07, 6.45) is 3.34. The van der Waals surface area contributed by atoms with E-state index in [1.807, 2.05) is 12.1 Å². The summed E-state index contributed by atoms with van der Waals surface area (Å²) >= 11 is 5.78. The molecule has 1 fully saturated rings. The number of rotatable bonds is 7. The first-order chi connectivity index (χ1) is 15.7. The minimum absolute atomic E-state index is 0.0874. The first-order valence-electron chi connectivity index (χ1n) is 11.5. The number of unbranched alkanes of at least 4 members (excludes halogenated alkanes) is 1. The van der Waals surface area contributed by atoms with Gasteiger partial charge in [-0.2, -0.15) is 0 Å². The Hall–Kier alpha value is -2.34. The van der Waals surface area contributed by atoms with E-state index in [0.717, 1.165) is 29.9 Å². The van der Waals surface area contributed by atoms with E-state index in [1.54, 1.807) is 4.90 Å². The molecule has 2 aromatic carbocycles. The summed E-state index contributed by atoms with van der Waals surface area (Å²) in [5.74, 6) is 0.768. The predicted molar refractivity (Wildman–Crippen MR) is 125 cm³/mol. The van der Waals surface area contributed by atoms with Gasteiger partial charge in [-0.3, -0.25) is 4.79 Å². The fourth-order valence-corrected chi connectivity index (χ4v) is 4.78. The third kappa shape index (κ3) is 5.60. The van der Waals surface area contributed by atoms with Crippen molar-refractivity contribution in [2.75, 3.05) is 19.7 Å². The number of carbonyl (C=O) groups excluding carboxylic acids is 1. The number of halogens is 3. The highest BCUT2D eigenvalue weighted by Crippen LogP contribution is 2.42. The maximum absolute atomic E-state index is 15.3. The predicted octanol–water partition coefficient (Wildman–Crippen LogP) is 6.39. The molecule has 33 heavy (non-hydrogen) atoms. The molecule has 2 aliphatic heterocycles. The van der Waals surface area contributed by atoms with Gasteiger partial charge in [0.25, 0.3) is 5.91 Å². The van der Waals surface area contributed by atoms with Crippen LogP contribution in [0.2, 0.25) is 5.02 Å². The Morgan fingerprint density at radius 1 is 1.18 bits per heavy atom. The number of para-hydroxylation sites is 1. The minimum atomic E-state index is -1.28. The zero-order chi connectivity index (χ0) is 23.6. The highest BCUT2D eigenvalue weighted by atomic mass is 35.5. The number of hydrogen-bond donors (Lipinski definition) is 0. The highest BCUT2D eigenvalue weighted by Gasteiger charge is 2.36. The fraction of sp³-hybridized carbons (Fsp3) is 0.500. The summed E-state index contributed by atoms with van der Waals surface area (Å²) in [5.41, 5.74) is -0.0194. The van der Waals surface area contributed by atoms with Gasteiger partial charge >= 0.3 is 0 Å². The van der Waals surface area contributed by atoms with E-state index in [4.69, 9.17) is 21.1 Å². The van der Waals surface area contributed by atoms with Crippen LogP contribution in [0.4, 0.5) is 8.78 Å². The normalized spacial score (nSPS) is 18.5. The lowest BCUT2D eigenvalue weighted by atomic mass is 9.88. The Bertz CT molecular complexity index is 1020. The molecule has 2 aliphatic rings. The number of piperidine rings is 1. The molecule has 178 valence electrons. The van der Waals surface area contributed by atoms with Gasteiger partial charge in [-0.15, -0.1) is 0 Å². The molecule has 0 aliphatic carbocycles. The van der Waals surface area contributed by atoms with Crippen molar-refractivity contribution in [2.24, 2.45) is 0 Å². The molecule has 0 unspecified atom stereocenters. The molecular weight excluding hydrogens is 448 g/mol. The second kappa shape index (κ2) is 9.49. The number of nitrogens with zero attached hydrogens (tertiary/aromatic N) is 1. The number of benzene rings is 2. The van der Waals surface area contributed by atoms with E-state index in [1.165, 1.54) is 18.2 Å². The van der Waals surface area contributed by atoms with Gasteiger partial charge in [0.1, 0.15) is 17.1 Å². The van der Waals surface area contributed by atoms with Gasteiger partial charge in [-0.1, -0.05) is 23.7 Å². The van der Waals surface area contributed by atoms with Crippen LogP contribution in [0.15, 0.2) is 36.4 Å². The van der Waals surface area contributed by atoms with Gasteiger partial charge in [-0.25, -0.2) is 8.78 Å². The number of likely N-dealkylation sites (tertiary alicyclic amines) is 1. The average Bonchev–Trinajstić information content (AvgIpc) is 3.10. The van der Waals surface area contributed by atoms with Gasteiger partial charge in [0.15, 0.2) is 11.5 Å². The lowest BCUT2D eigenvalue weighted by Crippen LogP contribution is -2.44. The van der Waals surface area contributed by atoms with Crippen molar-refractivity contribution in [1.82, 2.24) is 4.90 Å². The van der Waals surface area contributed by atoms with Crippen molar-refractivity contribution in [2.45, 2.75) is 63.6 Å². The van der Waals surface area contributed by atoms with Crippen LogP contribution in [-0.2, 0) is 6.42 Å². The molecule has 0 N–H and O–H groups in total. The third-order valence-electron chi connectivity index (χ3n) is 6.44. The molecule has 2 heterocycles. The number of hydrogen-bond acceptors (Lipinski definition) is 3. The quantitative estimate of drug-likeness (QED) is 0.434. The van der Waals surface area contributed by atoms with Crippen molar-refractivity contribution < 1.29 is 23.0 Å². The zero-order valence-corrected chi connectivity index (χ0v) is 19.9.